The van der Waals surface area contributed by atoms with Crippen LogP contribution in [0, 0.1) is 10.1 Å². The number of nitrogens with two attached hydrogens (primary N) is 1. The number of fused-ring (bicyclic) bond motifs is 1. The molecule has 0 aromatic heterocycles. The molecule has 2 aliphatic carbocycles. The van der Waals surface area contributed by atoms with Crippen LogP contribution in [0.3, 0.4) is 0 Å². The van der Waals surface area contributed by atoms with Crippen molar-refractivity contribution in [3.8, 4) is 0 Å². The van der Waals surface area contributed by atoms with Gasteiger partial charge in [-0.25, -0.2) is 4.79 Å². The van der Waals surface area contributed by atoms with Crippen LogP contribution < -0.4 is 21.9 Å². The Labute approximate surface area is 336 Å². The number of aliphatic carboxylic acids is 1. The minimum Gasteiger partial charge on any atom is -0.478 e. The number of rotatable bonds is 12. The van der Waals surface area contributed by atoms with Gasteiger partial charge in [0.15, 0.2) is 11.5 Å². The van der Waals surface area contributed by atoms with E-state index < -0.39 is 92.2 Å². The molecule has 1 amide bonds. The number of carbonyl (C=O) groups excluding carboxylic acids is 3. The lowest BCUT2D eigenvalue weighted by molar-refractivity contribution is -0.384. The predicted octanol–water partition coefficient (Wildman–Crippen LogP) is 4.90. The van der Waals surface area contributed by atoms with Crippen molar-refractivity contribution >= 4 is 101 Å². The second-order valence-corrected chi connectivity index (χ2v) is 15.0. The number of Topliss-reactive ketones (excluding diaryl/α,β-unsaturated/α-hetero) is 1. The largest absolute Gasteiger partial charge is 0.478 e. The number of nitrogen functional groups attached to an aromatic ring is 1. The standard InChI is InChI=1S/C36H25N9O13S2/c37-31-30-19(15-28(59(53,54)55)32(31)43-40-23-9-12-25(13-10-23)45(51)52)16-29(60(56,57)58)33(34(30)47)44-41-22-7-5-20(6-8-22)38-35(48)18-1-3-21(4-2-18)39-42-24-11-14-27(46)26(17-24)36(49)50/h1-17,39,41H,37H2,(H,38,48)(H,49,50)(H,53,54,55)(H,56,57,58). The van der Waals surface area contributed by atoms with Crippen LogP contribution in [0.2, 0.25) is 0 Å². The van der Waals surface area contributed by atoms with Crippen LogP contribution in [0.25, 0.3) is 6.08 Å². The molecule has 60 heavy (non-hydrogen) atoms. The zero-order chi connectivity index (χ0) is 43.5. The molecule has 0 radical (unpaired) electrons. The van der Waals surface area contributed by atoms with E-state index in [1.165, 1.54) is 66.7 Å². The molecule has 4 aromatic rings. The summed E-state index contributed by atoms with van der Waals surface area (Å²) < 4.78 is 69.4. The van der Waals surface area contributed by atoms with E-state index in [9.17, 15) is 55.2 Å². The number of nitrogens with zero attached hydrogens (tertiary/aromatic N) is 5. The van der Waals surface area contributed by atoms with E-state index in [2.05, 4.69) is 36.6 Å². The quantitative estimate of drug-likeness (QED) is 0.0189. The Hall–Kier alpha value is -8.06. The zero-order valence-corrected chi connectivity index (χ0v) is 31.5. The molecule has 0 fully saturated rings. The molecule has 0 atom stereocenters. The van der Waals surface area contributed by atoms with Crippen LogP contribution in [-0.4, -0.2) is 70.8 Å². The molecule has 24 heteroatoms. The molecule has 0 spiro atoms. The molecule has 0 unspecified atom stereocenters. The van der Waals surface area contributed by atoms with Gasteiger partial charge in [0.2, 0.25) is 5.78 Å². The molecule has 0 saturated carbocycles. The number of carboxylic acids is 1. The Morgan fingerprint density at radius 3 is 1.95 bits per heavy atom. The molecule has 0 saturated heterocycles. The third-order valence-corrected chi connectivity index (χ3v) is 10.0. The lowest BCUT2D eigenvalue weighted by atomic mass is 9.92. The van der Waals surface area contributed by atoms with E-state index in [1.807, 2.05) is 0 Å². The number of nitrogens with one attached hydrogen (secondary N) is 3. The van der Waals surface area contributed by atoms with Crippen LogP contribution in [0.15, 0.2) is 133 Å². The Morgan fingerprint density at radius 2 is 1.37 bits per heavy atom. The van der Waals surface area contributed by atoms with Crippen molar-refractivity contribution in [3.63, 3.8) is 0 Å². The van der Waals surface area contributed by atoms with Crippen molar-refractivity contribution in [2.24, 2.45) is 20.4 Å². The topological polar surface area (TPSA) is 352 Å². The molecule has 2 aliphatic rings. The summed E-state index contributed by atoms with van der Waals surface area (Å²) in [6, 6.07) is 16.9. The third kappa shape index (κ3) is 9.21. The van der Waals surface area contributed by atoms with Gasteiger partial charge in [0, 0.05) is 23.4 Å². The summed E-state index contributed by atoms with van der Waals surface area (Å²) in [5.74, 6) is -3.80. The van der Waals surface area contributed by atoms with E-state index in [-0.39, 0.29) is 28.3 Å². The van der Waals surface area contributed by atoms with Gasteiger partial charge in [0.25, 0.3) is 31.8 Å². The summed E-state index contributed by atoms with van der Waals surface area (Å²) in [6.45, 7) is 0. The Balaban J connectivity index is 1.19. The first-order chi connectivity index (χ1) is 28.3. The van der Waals surface area contributed by atoms with Crippen molar-refractivity contribution in [2.75, 3.05) is 21.9 Å². The van der Waals surface area contributed by atoms with Gasteiger partial charge in [-0.2, -0.15) is 32.2 Å². The van der Waals surface area contributed by atoms with Crippen molar-refractivity contribution in [1.82, 2.24) is 0 Å². The maximum atomic E-state index is 13.8. The van der Waals surface area contributed by atoms with Crippen molar-refractivity contribution < 1.29 is 55.1 Å². The number of benzene rings is 4. The molecule has 0 aliphatic heterocycles. The average molecular weight is 856 g/mol. The lowest BCUT2D eigenvalue weighted by Crippen LogP contribution is -2.28. The number of anilines is 4. The van der Waals surface area contributed by atoms with Crippen LogP contribution in [-0.2, 0) is 29.8 Å². The molecule has 4 aromatic carbocycles. The number of carbonyl (C=O) groups is 4. The maximum Gasteiger partial charge on any atom is 0.339 e. The molecule has 8 N–H and O–H groups in total. The molecule has 304 valence electrons. The van der Waals surface area contributed by atoms with Gasteiger partial charge >= 0.3 is 5.97 Å². The third-order valence-electron chi connectivity index (χ3n) is 8.27. The van der Waals surface area contributed by atoms with Crippen LogP contribution in [0.1, 0.15) is 26.3 Å². The van der Waals surface area contributed by atoms with Gasteiger partial charge in [-0.05, 0) is 96.6 Å². The molecule has 0 heterocycles. The number of nitro groups is 1. The predicted molar refractivity (Wildman–Crippen MR) is 215 cm³/mol. The molecule has 6 rings (SSSR count). The summed E-state index contributed by atoms with van der Waals surface area (Å²) >= 11 is 0. The highest BCUT2D eigenvalue weighted by Gasteiger charge is 2.37. The molecule has 0 bridgehead atoms. The number of non-ortho nitro benzene ring substituents is 1. The Bertz CT molecular complexity index is 2940. The highest BCUT2D eigenvalue weighted by Crippen LogP contribution is 2.41. The highest BCUT2D eigenvalue weighted by molar-refractivity contribution is 7.91. The number of hydrogen-bond donors (Lipinski definition) is 7. The fraction of sp³-hybridized carbons (Fsp3) is 0. The summed E-state index contributed by atoms with van der Waals surface area (Å²) in [6.07, 6.45) is 4.22. The number of nitro benzene ring substituents is 1. The number of azo groups is 1. The number of allylic oxidation sites excluding steroid dienone is 4. The van der Waals surface area contributed by atoms with E-state index in [1.54, 1.807) is 0 Å². The van der Waals surface area contributed by atoms with Gasteiger partial charge < -0.3 is 16.2 Å². The van der Waals surface area contributed by atoms with E-state index in [4.69, 9.17) is 10.8 Å². The fourth-order valence-corrected chi connectivity index (χ4v) is 6.71. The minimum atomic E-state index is -5.21. The first-order valence-electron chi connectivity index (χ1n) is 16.5. The van der Waals surface area contributed by atoms with E-state index in [0.717, 1.165) is 24.3 Å². The van der Waals surface area contributed by atoms with E-state index >= 15 is 0 Å². The SMILES string of the molecule is Nc1c(N=Nc2ccc([N+](=O)[O-])cc2)c(S(=O)(=O)O)cc2c1C(=O)C(=NNc1ccc(NC(=O)c3ccc(NN=C4C=CC(=O)C(C(=O)O)=C4)cc3)cc1)C(S(=O)(=O)O)=C2. The number of carboxylic acid groups (broad SMARTS) is 1. The number of hydrogen-bond acceptors (Lipinski definition) is 17. The normalized spacial score (nSPS) is 15.4. The van der Waals surface area contributed by atoms with Gasteiger partial charge in [0.1, 0.15) is 21.1 Å². The Morgan fingerprint density at radius 1 is 0.767 bits per heavy atom. The van der Waals surface area contributed by atoms with Gasteiger partial charge in [-0.1, -0.05) is 0 Å². The van der Waals surface area contributed by atoms with Gasteiger partial charge in [0.05, 0.1) is 38.9 Å². The summed E-state index contributed by atoms with van der Waals surface area (Å²) in [7, 11) is -10.4. The zero-order valence-electron chi connectivity index (χ0n) is 29.9. The van der Waals surface area contributed by atoms with Crippen molar-refractivity contribution in [1.29, 1.82) is 0 Å². The smallest absolute Gasteiger partial charge is 0.339 e. The number of hydrazone groups is 2. The molecular formula is C36H25N9O13S2. The van der Waals surface area contributed by atoms with Crippen LogP contribution in [0.4, 0.5) is 39.8 Å². The van der Waals surface area contributed by atoms with Crippen LogP contribution >= 0.6 is 0 Å². The highest BCUT2D eigenvalue weighted by atomic mass is 32.2. The summed E-state index contributed by atoms with van der Waals surface area (Å²) in [5.41, 5.74) is 8.64. The minimum absolute atomic E-state index is 0.0159. The summed E-state index contributed by atoms with van der Waals surface area (Å²) in [5, 5.41) is 38.2. The second kappa shape index (κ2) is 16.4. The number of ketones is 2. The first kappa shape index (κ1) is 41.6. The maximum absolute atomic E-state index is 13.8. The molecular weight excluding hydrogens is 831 g/mol. The second-order valence-electron chi connectivity index (χ2n) is 12.3. The summed E-state index contributed by atoms with van der Waals surface area (Å²) in [4.78, 5) is 57.8. The Kier molecular flexibility index (Phi) is 11.4. The lowest BCUT2D eigenvalue weighted by Gasteiger charge is -2.20. The van der Waals surface area contributed by atoms with Crippen molar-refractivity contribution in [2.45, 2.75) is 4.90 Å². The fourth-order valence-electron chi connectivity index (χ4n) is 5.38. The first-order valence-corrected chi connectivity index (χ1v) is 19.4. The van der Waals surface area contributed by atoms with Crippen LogP contribution in [0.5, 0.6) is 0 Å². The monoisotopic (exact) mass is 855 g/mol. The van der Waals surface area contributed by atoms with Gasteiger partial charge in [-0.3, -0.25) is 44.5 Å². The van der Waals surface area contributed by atoms with Crippen molar-refractivity contribution in [3.05, 3.63) is 134 Å². The molecule has 22 nitrogen and oxygen atoms in total. The van der Waals surface area contributed by atoms with E-state index in [0.29, 0.717) is 23.5 Å². The van der Waals surface area contributed by atoms with Gasteiger partial charge in [-0.15, -0.1) is 5.11 Å². The average Bonchev–Trinajstić information content (AvgIpc) is 3.19. The number of amides is 1.